The van der Waals surface area contributed by atoms with Crippen LogP contribution in [-0.4, -0.2) is 21.9 Å². The smallest absolute Gasteiger partial charge is 0.0690 e. The van der Waals surface area contributed by atoms with Crippen molar-refractivity contribution in [3.8, 4) is 0 Å². The number of rotatable bonds is 4. The fraction of sp³-hybridized carbons (Fsp3) is 0.538. The predicted molar refractivity (Wildman–Crippen MR) is 59.7 cm³/mol. The summed E-state index contributed by atoms with van der Waals surface area (Å²) >= 11 is 0. The molecule has 0 bridgehead atoms. The Hall–Kier alpha value is -0.860. The van der Waals surface area contributed by atoms with E-state index in [9.17, 15) is 10.2 Å². The van der Waals surface area contributed by atoms with Crippen molar-refractivity contribution >= 4 is 0 Å². The van der Waals surface area contributed by atoms with Crippen molar-refractivity contribution in [2.24, 2.45) is 0 Å². The highest BCUT2D eigenvalue weighted by Gasteiger charge is 2.39. The molecule has 1 aliphatic carbocycles. The Labute approximate surface area is 90.6 Å². The number of aliphatic hydroxyl groups excluding tert-OH is 1. The molecule has 1 atom stereocenters. The van der Waals surface area contributed by atoms with Crippen LogP contribution in [0.2, 0.25) is 0 Å². The van der Waals surface area contributed by atoms with Gasteiger partial charge in [-0.2, -0.15) is 0 Å². The Kier molecular flexibility index (Phi) is 2.81. The maximum atomic E-state index is 9.76. The van der Waals surface area contributed by atoms with Crippen LogP contribution in [0.1, 0.15) is 30.9 Å². The van der Waals surface area contributed by atoms with Gasteiger partial charge in [-0.15, -0.1) is 0 Å². The average Bonchev–Trinajstić information content (AvgIpc) is 2.86. The van der Waals surface area contributed by atoms with Gasteiger partial charge < -0.3 is 10.2 Å². The summed E-state index contributed by atoms with van der Waals surface area (Å²) in [5.41, 5.74) is 1.92. The molecule has 2 nitrogen and oxygen atoms in total. The van der Waals surface area contributed by atoms with E-state index in [0.717, 1.165) is 24.8 Å². The second-order valence-corrected chi connectivity index (χ2v) is 4.77. The van der Waals surface area contributed by atoms with E-state index >= 15 is 0 Å². The monoisotopic (exact) mass is 206 g/mol. The molecule has 82 valence electrons. The molecule has 2 N–H and O–H groups in total. The molecule has 15 heavy (non-hydrogen) atoms. The molecule has 1 unspecified atom stereocenters. The molecule has 0 amide bonds. The van der Waals surface area contributed by atoms with Gasteiger partial charge in [-0.3, -0.25) is 0 Å². The molecule has 0 radical (unpaired) electrons. The van der Waals surface area contributed by atoms with Crippen LogP contribution in [0.15, 0.2) is 24.3 Å². The Morgan fingerprint density at radius 1 is 1.20 bits per heavy atom. The van der Waals surface area contributed by atoms with E-state index in [1.807, 2.05) is 24.3 Å². The van der Waals surface area contributed by atoms with E-state index < -0.39 is 5.60 Å². The van der Waals surface area contributed by atoms with Gasteiger partial charge in [0.15, 0.2) is 0 Å². The lowest BCUT2D eigenvalue weighted by Crippen LogP contribution is -2.10. The standard InChI is InChI=1S/C13H18O2/c1-10(14)8-11-2-4-12(5-3-11)9-13(15)6-7-13/h2-5,10,14-15H,6-9H2,1H3. The molecule has 0 aromatic heterocycles. The first kappa shape index (κ1) is 10.7. The first-order valence-electron chi connectivity index (χ1n) is 5.56. The fourth-order valence-electron chi connectivity index (χ4n) is 1.84. The van der Waals surface area contributed by atoms with Crippen molar-refractivity contribution in [2.45, 2.75) is 44.3 Å². The Morgan fingerprint density at radius 2 is 1.73 bits per heavy atom. The quantitative estimate of drug-likeness (QED) is 0.787. The summed E-state index contributed by atoms with van der Waals surface area (Å²) in [4.78, 5) is 0. The normalized spacial score (nSPS) is 19.9. The van der Waals surface area contributed by atoms with Crippen LogP contribution < -0.4 is 0 Å². The van der Waals surface area contributed by atoms with Gasteiger partial charge in [0.2, 0.25) is 0 Å². The summed E-state index contributed by atoms with van der Waals surface area (Å²) in [6.07, 6.45) is 3.04. The second kappa shape index (κ2) is 3.95. The molecule has 0 heterocycles. The molecule has 1 aromatic carbocycles. The van der Waals surface area contributed by atoms with Gasteiger partial charge in [-0.05, 0) is 37.3 Å². The SMILES string of the molecule is CC(O)Cc1ccc(CC2(O)CC2)cc1. The van der Waals surface area contributed by atoms with E-state index in [4.69, 9.17) is 0 Å². The number of hydrogen-bond acceptors (Lipinski definition) is 2. The van der Waals surface area contributed by atoms with Gasteiger partial charge in [0.05, 0.1) is 11.7 Å². The summed E-state index contributed by atoms with van der Waals surface area (Å²) in [5, 5.41) is 19.0. The highest BCUT2D eigenvalue weighted by molar-refractivity contribution is 5.25. The number of aliphatic hydroxyl groups is 2. The van der Waals surface area contributed by atoms with E-state index in [0.29, 0.717) is 6.42 Å². The minimum atomic E-state index is -0.411. The molecule has 0 saturated heterocycles. The van der Waals surface area contributed by atoms with Crippen LogP contribution in [0, 0.1) is 0 Å². The highest BCUT2D eigenvalue weighted by Crippen LogP contribution is 2.38. The van der Waals surface area contributed by atoms with Crippen LogP contribution in [0.3, 0.4) is 0 Å². The fourth-order valence-corrected chi connectivity index (χ4v) is 1.84. The third-order valence-corrected chi connectivity index (χ3v) is 2.91. The average molecular weight is 206 g/mol. The van der Waals surface area contributed by atoms with Crippen LogP contribution >= 0.6 is 0 Å². The molecule has 2 rings (SSSR count). The summed E-state index contributed by atoms with van der Waals surface area (Å²) in [6, 6.07) is 8.17. The van der Waals surface area contributed by atoms with Gasteiger partial charge in [0.25, 0.3) is 0 Å². The molecule has 0 aliphatic heterocycles. The molecule has 0 spiro atoms. The van der Waals surface area contributed by atoms with Crippen molar-refractivity contribution in [2.75, 3.05) is 0 Å². The van der Waals surface area contributed by atoms with Crippen LogP contribution in [0.25, 0.3) is 0 Å². The molecular weight excluding hydrogens is 188 g/mol. The lowest BCUT2D eigenvalue weighted by molar-refractivity contribution is 0.151. The van der Waals surface area contributed by atoms with E-state index in [2.05, 4.69) is 0 Å². The maximum absolute atomic E-state index is 9.76. The van der Waals surface area contributed by atoms with Crippen molar-refractivity contribution < 1.29 is 10.2 Å². The third kappa shape index (κ3) is 3.05. The zero-order chi connectivity index (χ0) is 10.9. The number of benzene rings is 1. The summed E-state index contributed by atoms with van der Waals surface area (Å²) in [5.74, 6) is 0. The minimum absolute atomic E-state index is 0.288. The Bertz CT molecular complexity index is 323. The van der Waals surface area contributed by atoms with Gasteiger partial charge in [0, 0.05) is 6.42 Å². The van der Waals surface area contributed by atoms with Gasteiger partial charge in [0.1, 0.15) is 0 Å². The van der Waals surface area contributed by atoms with Gasteiger partial charge in [-0.25, -0.2) is 0 Å². The number of hydrogen-bond donors (Lipinski definition) is 2. The van der Waals surface area contributed by atoms with E-state index in [1.165, 1.54) is 5.56 Å². The van der Waals surface area contributed by atoms with Crippen LogP contribution in [0.5, 0.6) is 0 Å². The largest absolute Gasteiger partial charge is 0.393 e. The van der Waals surface area contributed by atoms with Gasteiger partial charge >= 0.3 is 0 Å². The van der Waals surface area contributed by atoms with E-state index in [-0.39, 0.29) is 6.10 Å². The molecule has 1 aliphatic rings. The summed E-state index contributed by atoms with van der Waals surface area (Å²) in [6.45, 7) is 1.79. The lowest BCUT2D eigenvalue weighted by Gasteiger charge is -2.09. The zero-order valence-electron chi connectivity index (χ0n) is 9.11. The summed E-state index contributed by atoms with van der Waals surface area (Å²) < 4.78 is 0. The van der Waals surface area contributed by atoms with Crippen molar-refractivity contribution in [1.82, 2.24) is 0 Å². The maximum Gasteiger partial charge on any atom is 0.0690 e. The lowest BCUT2D eigenvalue weighted by atomic mass is 10.0. The van der Waals surface area contributed by atoms with Crippen molar-refractivity contribution in [1.29, 1.82) is 0 Å². The Balaban J connectivity index is 1.97. The summed E-state index contributed by atoms with van der Waals surface area (Å²) in [7, 11) is 0. The van der Waals surface area contributed by atoms with Crippen LogP contribution in [0.4, 0.5) is 0 Å². The topological polar surface area (TPSA) is 40.5 Å². The van der Waals surface area contributed by atoms with Crippen molar-refractivity contribution in [3.63, 3.8) is 0 Å². The second-order valence-electron chi connectivity index (χ2n) is 4.77. The molecule has 1 fully saturated rings. The van der Waals surface area contributed by atoms with E-state index in [1.54, 1.807) is 6.92 Å². The Morgan fingerprint density at radius 3 is 2.20 bits per heavy atom. The molecule has 2 heteroatoms. The molecule has 1 aromatic rings. The third-order valence-electron chi connectivity index (χ3n) is 2.91. The highest BCUT2D eigenvalue weighted by atomic mass is 16.3. The van der Waals surface area contributed by atoms with Crippen molar-refractivity contribution in [3.05, 3.63) is 35.4 Å². The first-order chi connectivity index (χ1) is 7.07. The zero-order valence-corrected chi connectivity index (χ0v) is 9.11. The molecule has 1 saturated carbocycles. The minimum Gasteiger partial charge on any atom is -0.393 e. The predicted octanol–water partition coefficient (Wildman–Crippen LogP) is 1.68. The molecular formula is C13H18O2. The first-order valence-corrected chi connectivity index (χ1v) is 5.56. The van der Waals surface area contributed by atoms with Crippen LogP contribution in [-0.2, 0) is 12.8 Å². The van der Waals surface area contributed by atoms with Gasteiger partial charge in [-0.1, -0.05) is 24.3 Å².